The molecule has 2 saturated carbocycles. The SMILES string of the molecule is FC(F)(F)C(F)(F)C(F)(F)O[C@]1(F)[C@H]2[C@H]([C@@H]3C=C[C@@H]2C3)C1(F)F. The van der Waals surface area contributed by atoms with Crippen LogP contribution in [0, 0.1) is 23.7 Å². The molecule has 2 fully saturated rings. The first-order valence-corrected chi connectivity index (χ1v) is 6.44. The summed E-state index contributed by atoms with van der Waals surface area (Å²) in [6.45, 7) is 0. The maximum atomic E-state index is 14.3. The topological polar surface area (TPSA) is 9.23 Å². The van der Waals surface area contributed by atoms with Gasteiger partial charge in [0.25, 0.3) is 5.85 Å². The van der Waals surface area contributed by atoms with Gasteiger partial charge in [0.15, 0.2) is 0 Å². The Hall–Kier alpha value is -1.00. The van der Waals surface area contributed by atoms with E-state index in [-0.39, 0.29) is 6.42 Å². The van der Waals surface area contributed by atoms with E-state index >= 15 is 0 Å². The molecule has 1 nitrogen and oxygen atoms in total. The van der Waals surface area contributed by atoms with E-state index in [1.165, 1.54) is 12.2 Å². The smallest absolute Gasteiger partial charge is 0.271 e. The number of halogens is 10. The Labute approximate surface area is 122 Å². The zero-order valence-electron chi connectivity index (χ0n) is 10.9. The van der Waals surface area contributed by atoms with Crippen LogP contribution in [0.3, 0.4) is 0 Å². The maximum Gasteiger partial charge on any atom is 0.462 e. The second-order valence-corrected chi connectivity index (χ2v) is 5.96. The van der Waals surface area contributed by atoms with Gasteiger partial charge in [-0.05, 0) is 18.3 Å². The zero-order valence-corrected chi connectivity index (χ0v) is 10.9. The van der Waals surface area contributed by atoms with E-state index in [0.29, 0.717) is 0 Å². The minimum absolute atomic E-state index is 0.0127. The molecule has 0 radical (unpaired) electrons. The molecule has 23 heavy (non-hydrogen) atoms. The van der Waals surface area contributed by atoms with Crippen molar-refractivity contribution in [1.29, 1.82) is 0 Å². The van der Waals surface area contributed by atoms with Crippen molar-refractivity contribution < 1.29 is 48.6 Å². The van der Waals surface area contributed by atoms with Crippen molar-refractivity contribution in [1.82, 2.24) is 0 Å². The highest BCUT2D eigenvalue weighted by Gasteiger charge is 2.87. The van der Waals surface area contributed by atoms with Crippen molar-refractivity contribution in [3.8, 4) is 0 Å². The Bertz CT molecular complexity index is 553. The number of fused-ring (bicyclic) bond motifs is 5. The molecule has 0 aromatic carbocycles. The van der Waals surface area contributed by atoms with Gasteiger partial charge in [0.2, 0.25) is 0 Å². The molecule has 2 bridgehead atoms. The van der Waals surface area contributed by atoms with E-state index in [2.05, 4.69) is 4.74 Å². The van der Waals surface area contributed by atoms with Gasteiger partial charge in [-0.3, -0.25) is 4.74 Å². The van der Waals surface area contributed by atoms with Crippen LogP contribution in [0.2, 0.25) is 0 Å². The fourth-order valence-corrected chi connectivity index (χ4v) is 3.73. The van der Waals surface area contributed by atoms with Crippen molar-refractivity contribution >= 4 is 0 Å². The van der Waals surface area contributed by atoms with Gasteiger partial charge < -0.3 is 0 Å². The van der Waals surface area contributed by atoms with Gasteiger partial charge in [0.05, 0.1) is 0 Å². The van der Waals surface area contributed by atoms with Crippen LogP contribution in [0.25, 0.3) is 0 Å². The molecule has 0 N–H and O–H groups in total. The van der Waals surface area contributed by atoms with Crippen LogP contribution in [-0.4, -0.2) is 30.0 Å². The van der Waals surface area contributed by atoms with Crippen LogP contribution in [0.15, 0.2) is 12.2 Å². The van der Waals surface area contributed by atoms with Crippen molar-refractivity contribution in [2.45, 2.75) is 36.4 Å². The van der Waals surface area contributed by atoms with Crippen molar-refractivity contribution in [2.75, 3.05) is 0 Å². The molecular weight excluding hydrogens is 350 g/mol. The van der Waals surface area contributed by atoms with E-state index in [0.717, 1.165) is 0 Å². The lowest BCUT2D eigenvalue weighted by atomic mass is 9.60. The highest BCUT2D eigenvalue weighted by molar-refractivity contribution is 5.28. The minimum Gasteiger partial charge on any atom is -0.271 e. The van der Waals surface area contributed by atoms with Crippen molar-refractivity contribution in [3.63, 3.8) is 0 Å². The molecule has 0 heterocycles. The summed E-state index contributed by atoms with van der Waals surface area (Å²) in [6.07, 6.45) is -10.7. The van der Waals surface area contributed by atoms with E-state index in [9.17, 15) is 43.9 Å². The number of rotatable bonds is 3. The summed E-state index contributed by atoms with van der Waals surface area (Å²) in [5.74, 6) is -21.4. The Balaban J connectivity index is 1.92. The van der Waals surface area contributed by atoms with Gasteiger partial charge in [-0.25, -0.2) is 4.39 Å². The van der Waals surface area contributed by atoms with Crippen molar-refractivity contribution in [2.24, 2.45) is 23.7 Å². The summed E-state index contributed by atoms with van der Waals surface area (Å²) >= 11 is 0. The van der Waals surface area contributed by atoms with Crippen LogP contribution in [-0.2, 0) is 4.74 Å². The van der Waals surface area contributed by atoms with Gasteiger partial charge in [-0.1, -0.05) is 12.2 Å². The van der Waals surface area contributed by atoms with Crippen LogP contribution >= 0.6 is 0 Å². The monoisotopic (exact) mass is 358 g/mol. The molecule has 11 heteroatoms. The summed E-state index contributed by atoms with van der Waals surface area (Å²) in [5.41, 5.74) is 0. The first-order chi connectivity index (χ1) is 10.2. The second-order valence-electron chi connectivity index (χ2n) is 5.96. The lowest BCUT2D eigenvalue weighted by molar-refractivity contribution is -0.511. The summed E-state index contributed by atoms with van der Waals surface area (Å²) in [4.78, 5) is 0. The number of ether oxygens (including phenoxy) is 1. The highest BCUT2D eigenvalue weighted by Crippen LogP contribution is 2.72. The maximum absolute atomic E-state index is 14.3. The molecule has 3 rings (SSSR count). The Morgan fingerprint density at radius 3 is 1.78 bits per heavy atom. The quantitative estimate of drug-likeness (QED) is 0.532. The number of hydrogen-bond acceptors (Lipinski definition) is 1. The Morgan fingerprint density at radius 2 is 1.30 bits per heavy atom. The van der Waals surface area contributed by atoms with E-state index in [1.54, 1.807) is 0 Å². The molecule has 0 unspecified atom stereocenters. The molecule has 0 aromatic rings. The number of allylic oxidation sites excluding steroid dienone is 2. The predicted molar refractivity (Wildman–Crippen MR) is 53.5 cm³/mol. The summed E-state index contributed by atoms with van der Waals surface area (Å²) < 4.78 is 133. The van der Waals surface area contributed by atoms with Gasteiger partial charge in [-0.15, -0.1) is 0 Å². The fourth-order valence-electron chi connectivity index (χ4n) is 3.73. The van der Waals surface area contributed by atoms with Gasteiger partial charge in [0, 0.05) is 11.8 Å². The van der Waals surface area contributed by atoms with Crippen LogP contribution in [0.1, 0.15) is 6.42 Å². The van der Waals surface area contributed by atoms with E-state index in [4.69, 9.17) is 0 Å². The van der Waals surface area contributed by atoms with Crippen LogP contribution in [0.5, 0.6) is 0 Å². The normalized spacial score (nSPS) is 41.8. The largest absolute Gasteiger partial charge is 0.462 e. The van der Waals surface area contributed by atoms with Gasteiger partial charge in [-0.2, -0.15) is 39.5 Å². The third-order valence-corrected chi connectivity index (χ3v) is 4.76. The first kappa shape index (κ1) is 16.8. The van der Waals surface area contributed by atoms with Crippen molar-refractivity contribution in [3.05, 3.63) is 12.2 Å². The average Bonchev–Trinajstić information content (AvgIpc) is 2.95. The molecule has 0 aromatic heterocycles. The molecule has 0 spiro atoms. The third kappa shape index (κ3) is 1.79. The summed E-state index contributed by atoms with van der Waals surface area (Å²) in [6, 6.07) is 0. The molecular formula is C12H8F10O. The fraction of sp³-hybridized carbons (Fsp3) is 0.833. The predicted octanol–water partition coefficient (Wildman–Crippen LogP) is 4.55. The van der Waals surface area contributed by atoms with Gasteiger partial charge >= 0.3 is 24.1 Å². The minimum atomic E-state index is -6.81. The second kappa shape index (κ2) is 4.15. The zero-order chi connectivity index (χ0) is 17.6. The van der Waals surface area contributed by atoms with Crippen LogP contribution < -0.4 is 0 Å². The highest BCUT2D eigenvalue weighted by atomic mass is 19.4. The molecule has 0 amide bonds. The average molecular weight is 358 g/mol. The third-order valence-electron chi connectivity index (χ3n) is 4.76. The standard InChI is InChI=1S/C12H8F10O/c13-8(14)6-4-1-2-5(3-4)7(6)9(8,15)23-12(21,22)10(16,17)11(18,19)20/h1-2,4-7H,3H2/t4-,5-,6+,7-,9-/m1/s1. The molecule has 5 atom stereocenters. The lowest BCUT2D eigenvalue weighted by Gasteiger charge is -2.56. The summed E-state index contributed by atoms with van der Waals surface area (Å²) in [7, 11) is 0. The van der Waals surface area contributed by atoms with E-state index < -0.39 is 53.7 Å². The van der Waals surface area contributed by atoms with Gasteiger partial charge in [0.1, 0.15) is 0 Å². The molecule has 132 valence electrons. The number of alkyl halides is 10. The van der Waals surface area contributed by atoms with E-state index in [1.807, 2.05) is 0 Å². The molecule has 3 aliphatic carbocycles. The van der Waals surface area contributed by atoms with Crippen LogP contribution in [0.4, 0.5) is 43.9 Å². The first-order valence-electron chi connectivity index (χ1n) is 6.44. The Kier molecular flexibility index (Phi) is 3.04. The number of hydrogen-bond donors (Lipinski definition) is 0. The summed E-state index contributed by atoms with van der Waals surface area (Å²) in [5, 5.41) is 0. The molecule has 0 aliphatic heterocycles. The molecule has 3 aliphatic rings. The lowest BCUT2D eigenvalue weighted by Crippen LogP contribution is -2.74. The molecule has 0 saturated heterocycles. The Morgan fingerprint density at radius 1 is 0.826 bits per heavy atom.